The molecular formula is C15H22N2O3. The van der Waals surface area contributed by atoms with Crippen molar-refractivity contribution in [2.75, 3.05) is 25.4 Å². The first-order valence-electron chi connectivity index (χ1n) is 6.80. The second-order valence-electron chi connectivity index (χ2n) is 5.82. The predicted octanol–water partition coefficient (Wildman–Crippen LogP) is 1.67. The van der Waals surface area contributed by atoms with Crippen LogP contribution < -0.4 is 10.5 Å². The molecule has 1 aliphatic heterocycles. The van der Waals surface area contributed by atoms with Gasteiger partial charge in [-0.05, 0) is 45.0 Å². The van der Waals surface area contributed by atoms with Gasteiger partial charge in [0.2, 0.25) is 0 Å². The first-order chi connectivity index (χ1) is 9.35. The number of anilines is 1. The van der Waals surface area contributed by atoms with Gasteiger partial charge < -0.3 is 20.1 Å². The fraction of sp³-hybridized carbons (Fsp3) is 0.533. The Hall–Kier alpha value is -1.75. The SMILES string of the molecule is CC1CN(C(=O)COc2ccc(N)cc2)CC(C)(C)O1. The molecule has 1 aromatic carbocycles. The van der Waals surface area contributed by atoms with E-state index in [-0.39, 0.29) is 24.2 Å². The summed E-state index contributed by atoms with van der Waals surface area (Å²) in [5.74, 6) is 0.623. The second kappa shape index (κ2) is 5.71. The molecule has 0 radical (unpaired) electrons. The lowest BCUT2D eigenvalue weighted by Crippen LogP contribution is -2.54. The fourth-order valence-corrected chi connectivity index (χ4v) is 2.44. The number of ether oxygens (including phenoxy) is 2. The van der Waals surface area contributed by atoms with Crippen molar-refractivity contribution in [1.82, 2.24) is 4.90 Å². The molecule has 1 unspecified atom stereocenters. The summed E-state index contributed by atoms with van der Waals surface area (Å²) in [5.41, 5.74) is 5.96. The van der Waals surface area contributed by atoms with E-state index in [0.717, 1.165) is 0 Å². The maximum atomic E-state index is 12.2. The first kappa shape index (κ1) is 14.7. The highest BCUT2D eigenvalue weighted by molar-refractivity contribution is 5.78. The molecule has 1 fully saturated rings. The van der Waals surface area contributed by atoms with Crippen LogP contribution in [0.15, 0.2) is 24.3 Å². The Labute approximate surface area is 119 Å². The van der Waals surface area contributed by atoms with Crippen molar-refractivity contribution >= 4 is 11.6 Å². The number of carbonyl (C=O) groups excluding carboxylic acids is 1. The van der Waals surface area contributed by atoms with Crippen LogP contribution in [0.2, 0.25) is 0 Å². The molecule has 1 aromatic rings. The molecule has 5 heteroatoms. The van der Waals surface area contributed by atoms with Gasteiger partial charge in [-0.1, -0.05) is 0 Å². The number of rotatable bonds is 3. The average Bonchev–Trinajstić information content (AvgIpc) is 2.35. The van der Waals surface area contributed by atoms with Crippen LogP contribution >= 0.6 is 0 Å². The van der Waals surface area contributed by atoms with Gasteiger partial charge in [0.1, 0.15) is 5.75 Å². The molecule has 0 spiro atoms. The molecule has 1 aliphatic rings. The lowest BCUT2D eigenvalue weighted by Gasteiger charge is -2.41. The quantitative estimate of drug-likeness (QED) is 0.854. The zero-order valence-electron chi connectivity index (χ0n) is 12.3. The van der Waals surface area contributed by atoms with Crippen molar-refractivity contribution in [3.8, 4) is 5.75 Å². The average molecular weight is 278 g/mol. The summed E-state index contributed by atoms with van der Waals surface area (Å²) in [5, 5.41) is 0. The Balaban J connectivity index is 1.90. The first-order valence-corrected chi connectivity index (χ1v) is 6.80. The van der Waals surface area contributed by atoms with E-state index >= 15 is 0 Å². The van der Waals surface area contributed by atoms with E-state index < -0.39 is 0 Å². The lowest BCUT2D eigenvalue weighted by molar-refractivity contribution is -0.159. The summed E-state index contributed by atoms with van der Waals surface area (Å²) in [6.45, 7) is 7.18. The monoisotopic (exact) mass is 278 g/mol. The molecule has 0 aromatic heterocycles. The second-order valence-corrected chi connectivity index (χ2v) is 5.82. The molecule has 1 saturated heterocycles. The highest BCUT2D eigenvalue weighted by Crippen LogP contribution is 2.21. The largest absolute Gasteiger partial charge is 0.484 e. The highest BCUT2D eigenvalue weighted by Gasteiger charge is 2.33. The number of morpholine rings is 1. The van der Waals surface area contributed by atoms with E-state index in [2.05, 4.69) is 0 Å². The van der Waals surface area contributed by atoms with Gasteiger partial charge in [-0.25, -0.2) is 0 Å². The van der Waals surface area contributed by atoms with Crippen molar-refractivity contribution in [2.24, 2.45) is 0 Å². The van der Waals surface area contributed by atoms with E-state index in [0.29, 0.717) is 24.5 Å². The predicted molar refractivity (Wildman–Crippen MR) is 77.6 cm³/mol. The Morgan fingerprint density at radius 1 is 1.45 bits per heavy atom. The van der Waals surface area contributed by atoms with Crippen LogP contribution in [-0.2, 0) is 9.53 Å². The molecular weight excluding hydrogens is 256 g/mol. The van der Waals surface area contributed by atoms with Gasteiger partial charge in [0.15, 0.2) is 6.61 Å². The summed E-state index contributed by atoms with van der Waals surface area (Å²) < 4.78 is 11.3. The Kier molecular flexibility index (Phi) is 4.18. The lowest BCUT2D eigenvalue weighted by atomic mass is 10.1. The Morgan fingerprint density at radius 2 is 2.10 bits per heavy atom. The number of benzene rings is 1. The molecule has 2 rings (SSSR count). The number of amides is 1. The summed E-state index contributed by atoms with van der Waals surface area (Å²) in [6, 6.07) is 7.02. The number of hydrogen-bond donors (Lipinski definition) is 1. The van der Waals surface area contributed by atoms with Crippen molar-refractivity contribution in [2.45, 2.75) is 32.5 Å². The van der Waals surface area contributed by atoms with E-state index in [1.54, 1.807) is 29.2 Å². The molecule has 0 saturated carbocycles. The third-order valence-electron chi connectivity index (χ3n) is 3.16. The number of nitrogens with zero attached hydrogens (tertiary/aromatic N) is 1. The summed E-state index contributed by atoms with van der Waals surface area (Å²) >= 11 is 0. The Bertz CT molecular complexity index is 471. The van der Waals surface area contributed by atoms with Crippen LogP contribution in [0.25, 0.3) is 0 Å². The Morgan fingerprint density at radius 3 is 2.70 bits per heavy atom. The van der Waals surface area contributed by atoms with Gasteiger partial charge in [0.25, 0.3) is 5.91 Å². The van der Waals surface area contributed by atoms with Crippen LogP contribution in [0.1, 0.15) is 20.8 Å². The highest BCUT2D eigenvalue weighted by atomic mass is 16.5. The van der Waals surface area contributed by atoms with Gasteiger partial charge in [-0.2, -0.15) is 0 Å². The molecule has 5 nitrogen and oxygen atoms in total. The smallest absolute Gasteiger partial charge is 0.260 e. The molecule has 2 N–H and O–H groups in total. The zero-order valence-corrected chi connectivity index (χ0v) is 12.3. The van der Waals surface area contributed by atoms with E-state index in [1.807, 2.05) is 20.8 Å². The van der Waals surface area contributed by atoms with E-state index in [9.17, 15) is 4.79 Å². The number of nitrogen functional groups attached to an aromatic ring is 1. The van der Waals surface area contributed by atoms with Gasteiger partial charge in [0, 0.05) is 18.8 Å². The standard InChI is InChI=1S/C15H22N2O3/c1-11-8-17(10-15(2,3)20-11)14(18)9-19-13-6-4-12(16)5-7-13/h4-7,11H,8-10,16H2,1-3H3. The maximum Gasteiger partial charge on any atom is 0.260 e. The molecule has 110 valence electrons. The number of hydrogen-bond acceptors (Lipinski definition) is 4. The fourth-order valence-electron chi connectivity index (χ4n) is 2.44. The van der Waals surface area contributed by atoms with Crippen LogP contribution in [0, 0.1) is 0 Å². The third kappa shape index (κ3) is 3.87. The van der Waals surface area contributed by atoms with Crippen LogP contribution in [0.4, 0.5) is 5.69 Å². The van der Waals surface area contributed by atoms with Gasteiger partial charge in [-0.15, -0.1) is 0 Å². The number of carbonyl (C=O) groups is 1. The van der Waals surface area contributed by atoms with Crippen LogP contribution in [-0.4, -0.2) is 42.2 Å². The molecule has 1 amide bonds. The minimum atomic E-state index is -0.311. The third-order valence-corrected chi connectivity index (χ3v) is 3.16. The van der Waals surface area contributed by atoms with E-state index in [4.69, 9.17) is 15.2 Å². The molecule has 1 atom stereocenters. The van der Waals surface area contributed by atoms with Crippen molar-refractivity contribution in [3.05, 3.63) is 24.3 Å². The van der Waals surface area contributed by atoms with Gasteiger partial charge in [-0.3, -0.25) is 4.79 Å². The molecule has 20 heavy (non-hydrogen) atoms. The van der Waals surface area contributed by atoms with E-state index in [1.165, 1.54) is 0 Å². The zero-order chi connectivity index (χ0) is 14.8. The van der Waals surface area contributed by atoms with Crippen molar-refractivity contribution in [3.63, 3.8) is 0 Å². The van der Waals surface area contributed by atoms with Crippen LogP contribution in [0.3, 0.4) is 0 Å². The van der Waals surface area contributed by atoms with Crippen molar-refractivity contribution < 1.29 is 14.3 Å². The normalized spacial score (nSPS) is 21.6. The summed E-state index contributed by atoms with van der Waals surface area (Å²) in [7, 11) is 0. The van der Waals surface area contributed by atoms with Crippen molar-refractivity contribution in [1.29, 1.82) is 0 Å². The summed E-state index contributed by atoms with van der Waals surface area (Å²) in [6.07, 6.45) is 0.0409. The number of nitrogens with two attached hydrogens (primary N) is 1. The van der Waals surface area contributed by atoms with Crippen LogP contribution in [0.5, 0.6) is 5.75 Å². The topological polar surface area (TPSA) is 64.8 Å². The molecule has 0 bridgehead atoms. The molecule has 1 heterocycles. The van der Waals surface area contributed by atoms with Gasteiger partial charge >= 0.3 is 0 Å². The maximum absolute atomic E-state index is 12.2. The van der Waals surface area contributed by atoms with Gasteiger partial charge in [0.05, 0.1) is 11.7 Å². The minimum Gasteiger partial charge on any atom is -0.484 e. The summed E-state index contributed by atoms with van der Waals surface area (Å²) in [4.78, 5) is 14.0. The molecule has 0 aliphatic carbocycles. The minimum absolute atomic E-state index is 0.0231.